The number of amidine groups is 1. The van der Waals surface area contributed by atoms with Gasteiger partial charge in [-0.2, -0.15) is 0 Å². The number of hydrogen-bond acceptors (Lipinski definition) is 6. The van der Waals surface area contributed by atoms with Crippen molar-refractivity contribution in [3.05, 3.63) is 40.2 Å². The number of aromatic hydroxyl groups is 1. The molecule has 5 nitrogen and oxygen atoms in total. The van der Waals surface area contributed by atoms with Crippen molar-refractivity contribution in [2.24, 2.45) is 4.99 Å². The summed E-state index contributed by atoms with van der Waals surface area (Å²) in [6.45, 7) is 2.96. The first-order valence-corrected chi connectivity index (χ1v) is 9.70. The topological polar surface area (TPSA) is 51.1 Å². The summed E-state index contributed by atoms with van der Waals surface area (Å²) in [5.41, 5.74) is 1.96. The smallest absolute Gasteiger partial charge is 0.137 e. The number of anilines is 2. The molecule has 1 saturated heterocycles. The van der Waals surface area contributed by atoms with Gasteiger partial charge in [0.15, 0.2) is 0 Å². The molecule has 7 heteroatoms. The van der Waals surface area contributed by atoms with Crippen LogP contribution in [-0.2, 0) is 0 Å². The quantitative estimate of drug-likeness (QED) is 0.782. The van der Waals surface area contributed by atoms with Gasteiger partial charge in [-0.1, -0.05) is 11.6 Å². The summed E-state index contributed by atoms with van der Waals surface area (Å²) in [6.07, 6.45) is 2.36. The zero-order valence-corrected chi connectivity index (χ0v) is 15.6. The number of likely N-dealkylation sites (tertiary alicyclic amines) is 1. The molecule has 0 saturated carbocycles. The van der Waals surface area contributed by atoms with Crippen LogP contribution in [0.5, 0.6) is 5.75 Å². The minimum atomic E-state index is 0.0856. The average Bonchev–Trinajstić information content (AvgIpc) is 3.10. The van der Waals surface area contributed by atoms with E-state index in [9.17, 15) is 5.11 Å². The van der Waals surface area contributed by atoms with Gasteiger partial charge in [0, 0.05) is 11.7 Å². The van der Waals surface area contributed by atoms with Crippen molar-refractivity contribution in [3.8, 4) is 5.75 Å². The van der Waals surface area contributed by atoms with Gasteiger partial charge in [0.2, 0.25) is 0 Å². The molecule has 1 aromatic carbocycles. The molecule has 0 bridgehead atoms. The number of halogens is 1. The Morgan fingerprint density at radius 3 is 2.84 bits per heavy atom. The van der Waals surface area contributed by atoms with E-state index in [4.69, 9.17) is 16.6 Å². The highest BCUT2D eigenvalue weighted by molar-refractivity contribution is 7.14. The van der Waals surface area contributed by atoms with Gasteiger partial charge in [0.05, 0.1) is 10.6 Å². The lowest BCUT2D eigenvalue weighted by Gasteiger charge is -2.39. The molecule has 0 aliphatic carbocycles. The van der Waals surface area contributed by atoms with Gasteiger partial charge < -0.3 is 20.2 Å². The maximum Gasteiger partial charge on any atom is 0.137 e. The van der Waals surface area contributed by atoms with E-state index in [1.165, 1.54) is 17.8 Å². The second-order valence-electron chi connectivity index (χ2n) is 6.58. The number of piperidine rings is 1. The molecule has 0 amide bonds. The highest BCUT2D eigenvalue weighted by Crippen LogP contribution is 2.35. The molecule has 2 aromatic rings. The molecule has 1 fully saturated rings. The number of fused-ring (bicyclic) bond motifs is 1. The summed E-state index contributed by atoms with van der Waals surface area (Å²) in [4.78, 5) is 9.62. The van der Waals surface area contributed by atoms with Gasteiger partial charge in [-0.15, -0.1) is 11.3 Å². The van der Waals surface area contributed by atoms with Crippen molar-refractivity contribution < 1.29 is 5.11 Å². The lowest BCUT2D eigenvalue weighted by molar-refractivity contribution is 0.250. The van der Waals surface area contributed by atoms with E-state index >= 15 is 0 Å². The molecule has 132 valence electrons. The average molecular weight is 377 g/mol. The number of nitrogens with zero attached hydrogens (tertiary/aromatic N) is 3. The third kappa shape index (κ3) is 3.34. The van der Waals surface area contributed by atoms with Crippen LogP contribution < -0.4 is 10.2 Å². The van der Waals surface area contributed by atoms with Crippen LogP contribution in [0, 0.1) is 0 Å². The summed E-state index contributed by atoms with van der Waals surface area (Å²) in [5, 5.41) is 16.7. The first-order valence-electron chi connectivity index (χ1n) is 8.45. The Morgan fingerprint density at radius 2 is 2.08 bits per heavy atom. The van der Waals surface area contributed by atoms with E-state index in [-0.39, 0.29) is 5.75 Å². The molecule has 2 N–H and O–H groups in total. The lowest BCUT2D eigenvalue weighted by Crippen LogP contribution is -2.45. The van der Waals surface area contributed by atoms with Crippen LogP contribution in [0.1, 0.15) is 18.4 Å². The van der Waals surface area contributed by atoms with Crippen molar-refractivity contribution in [2.45, 2.75) is 18.9 Å². The van der Waals surface area contributed by atoms with Crippen molar-refractivity contribution in [3.63, 3.8) is 0 Å². The number of phenols is 1. The fourth-order valence-corrected chi connectivity index (χ4v) is 4.56. The summed E-state index contributed by atoms with van der Waals surface area (Å²) in [5.74, 6) is 0.949. The van der Waals surface area contributed by atoms with Crippen LogP contribution >= 0.6 is 22.9 Å². The summed E-state index contributed by atoms with van der Waals surface area (Å²) >= 11 is 7.78. The first-order chi connectivity index (χ1) is 12.1. The molecule has 25 heavy (non-hydrogen) atoms. The van der Waals surface area contributed by atoms with Gasteiger partial charge in [-0.25, -0.2) is 4.99 Å². The molecular weight excluding hydrogens is 356 g/mol. The third-order valence-electron chi connectivity index (χ3n) is 4.88. The number of phenolic OH excluding ortho intramolecular Hbond substituents is 1. The normalized spacial score (nSPS) is 18.8. The van der Waals surface area contributed by atoms with Gasteiger partial charge in [0.25, 0.3) is 0 Å². The molecule has 0 unspecified atom stereocenters. The fourth-order valence-electron chi connectivity index (χ4n) is 3.42. The molecular formula is C18H21ClN4OS. The van der Waals surface area contributed by atoms with Crippen molar-refractivity contribution >= 4 is 39.5 Å². The van der Waals surface area contributed by atoms with Crippen molar-refractivity contribution in [2.75, 3.05) is 37.0 Å². The number of thiophene rings is 1. The number of hydrogen-bond donors (Lipinski definition) is 2. The number of rotatable bonds is 2. The van der Waals surface area contributed by atoms with Crippen LogP contribution in [0.4, 0.5) is 10.7 Å². The molecule has 2 aliphatic rings. The Kier molecular flexibility index (Phi) is 4.58. The highest BCUT2D eigenvalue weighted by atomic mass is 35.5. The highest BCUT2D eigenvalue weighted by Gasteiger charge is 2.29. The van der Waals surface area contributed by atoms with E-state index < -0.39 is 0 Å². The van der Waals surface area contributed by atoms with E-state index in [1.807, 2.05) is 0 Å². The predicted molar refractivity (Wildman–Crippen MR) is 105 cm³/mol. The second kappa shape index (κ2) is 6.86. The van der Waals surface area contributed by atoms with E-state index in [0.717, 1.165) is 30.2 Å². The second-order valence-corrected chi connectivity index (χ2v) is 7.88. The minimum absolute atomic E-state index is 0.0856. The number of aliphatic imine (C=N–C) groups is 1. The Hall–Kier alpha value is -1.76. The Balaban J connectivity index is 1.55. The van der Waals surface area contributed by atoms with Crippen LogP contribution in [0.15, 0.2) is 34.6 Å². The number of nitrogens with one attached hydrogen (secondary N) is 1. The molecule has 0 spiro atoms. The summed E-state index contributed by atoms with van der Waals surface area (Å²) in [6, 6.07) is 7.79. The van der Waals surface area contributed by atoms with Gasteiger partial charge in [-0.3, -0.25) is 0 Å². The van der Waals surface area contributed by atoms with Crippen LogP contribution in [0.25, 0.3) is 0 Å². The van der Waals surface area contributed by atoms with E-state index in [1.54, 1.807) is 29.5 Å². The van der Waals surface area contributed by atoms with Crippen molar-refractivity contribution in [1.82, 2.24) is 4.90 Å². The number of benzene rings is 1. The Labute approximate surface area is 156 Å². The van der Waals surface area contributed by atoms with Gasteiger partial charge >= 0.3 is 0 Å². The SMILES string of the molecule is CN1CCC(N2CN=C(Nc3ccc(O)c(Cl)c3)c3ccsc32)CC1. The Bertz CT molecular complexity index is 798. The fraction of sp³-hybridized carbons (Fsp3) is 0.389. The van der Waals surface area contributed by atoms with Gasteiger partial charge in [-0.05, 0) is 62.6 Å². The predicted octanol–water partition coefficient (Wildman–Crippen LogP) is 3.84. The maximum atomic E-state index is 9.57. The monoisotopic (exact) mass is 376 g/mol. The molecule has 1 aromatic heterocycles. The van der Waals surface area contributed by atoms with E-state index in [0.29, 0.717) is 17.7 Å². The minimum Gasteiger partial charge on any atom is -0.506 e. The first kappa shape index (κ1) is 16.7. The molecule has 2 aliphatic heterocycles. The molecule has 4 rings (SSSR count). The zero-order chi connectivity index (χ0) is 17.4. The molecule has 0 radical (unpaired) electrons. The summed E-state index contributed by atoms with van der Waals surface area (Å²) in [7, 11) is 2.19. The Morgan fingerprint density at radius 1 is 1.28 bits per heavy atom. The largest absolute Gasteiger partial charge is 0.506 e. The third-order valence-corrected chi connectivity index (χ3v) is 6.13. The molecule has 3 heterocycles. The van der Waals surface area contributed by atoms with Crippen molar-refractivity contribution in [1.29, 1.82) is 0 Å². The lowest BCUT2D eigenvalue weighted by atomic mass is 10.0. The van der Waals surface area contributed by atoms with E-state index in [2.05, 4.69) is 33.6 Å². The van der Waals surface area contributed by atoms with Crippen LogP contribution in [-0.4, -0.2) is 48.7 Å². The summed E-state index contributed by atoms with van der Waals surface area (Å²) < 4.78 is 0. The van der Waals surface area contributed by atoms with Crippen LogP contribution in [0.3, 0.4) is 0 Å². The van der Waals surface area contributed by atoms with Gasteiger partial charge in [0.1, 0.15) is 23.3 Å². The zero-order valence-electron chi connectivity index (χ0n) is 14.1. The standard InChI is InChI=1S/C18H21ClN4OS/c1-22-7-4-13(5-8-22)23-11-20-17(14-6-9-25-18(14)23)21-12-2-3-16(24)15(19)10-12/h2-3,6,9-10,13,24H,4-5,7-8,11H2,1H3,(H,20,21). The maximum absolute atomic E-state index is 9.57. The molecule has 0 atom stereocenters. The van der Waals surface area contributed by atoms with Crippen LogP contribution in [0.2, 0.25) is 5.02 Å².